The highest BCUT2D eigenvalue weighted by Gasteiger charge is 2.33. The first-order chi connectivity index (χ1) is 18.3. The molecule has 0 radical (unpaired) electrons. The summed E-state index contributed by atoms with van der Waals surface area (Å²) in [5.74, 6) is -1.08. The molecule has 0 aliphatic rings. The Labute approximate surface area is 219 Å². The van der Waals surface area contributed by atoms with Crippen molar-refractivity contribution in [2.75, 3.05) is 11.4 Å². The molecule has 0 aliphatic heterocycles. The molecular weight excluding hydrogens is 486 g/mol. The van der Waals surface area contributed by atoms with E-state index in [-0.39, 0.29) is 18.1 Å². The van der Waals surface area contributed by atoms with Crippen LogP contribution in [0, 0.1) is 6.92 Å². The standard InChI is InChI=1S/C29H27N3O6/c1-19-7-9-22(10-8-19)27(29(36)30-17-24-5-3-15-37-24)32(23-13-11-21(12-14-23)20(2)33)26(34)18-31-28(35)25-6-4-16-38-25/h3-16,27H,17-18H2,1-2H3,(H,30,36)(H,31,35). The second kappa shape index (κ2) is 11.9. The molecule has 2 aromatic carbocycles. The van der Waals surface area contributed by atoms with Crippen molar-refractivity contribution in [3.63, 3.8) is 0 Å². The first-order valence-corrected chi connectivity index (χ1v) is 11.9. The third-order valence-electron chi connectivity index (χ3n) is 5.88. The summed E-state index contributed by atoms with van der Waals surface area (Å²) < 4.78 is 10.4. The summed E-state index contributed by atoms with van der Waals surface area (Å²) in [7, 11) is 0. The summed E-state index contributed by atoms with van der Waals surface area (Å²) >= 11 is 0. The molecule has 1 unspecified atom stereocenters. The third-order valence-corrected chi connectivity index (χ3v) is 5.88. The Morgan fingerprint density at radius 1 is 0.842 bits per heavy atom. The Balaban J connectivity index is 1.69. The molecule has 1 atom stereocenters. The van der Waals surface area contributed by atoms with E-state index in [2.05, 4.69) is 10.6 Å². The highest BCUT2D eigenvalue weighted by Crippen LogP contribution is 2.29. The predicted molar refractivity (Wildman–Crippen MR) is 139 cm³/mol. The van der Waals surface area contributed by atoms with E-state index in [0.717, 1.165) is 5.56 Å². The van der Waals surface area contributed by atoms with E-state index in [1.807, 2.05) is 19.1 Å². The van der Waals surface area contributed by atoms with Crippen LogP contribution in [0.25, 0.3) is 0 Å². The number of nitrogens with zero attached hydrogens (tertiary/aromatic N) is 1. The number of Topliss-reactive ketones (excluding diaryl/α,β-unsaturated/α-hetero) is 1. The Bertz CT molecular complexity index is 1390. The minimum absolute atomic E-state index is 0.0569. The van der Waals surface area contributed by atoms with Gasteiger partial charge in [0.1, 0.15) is 11.8 Å². The van der Waals surface area contributed by atoms with Gasteiger partial charge in [-0.1, -0.05) is 29.8 Å². The van der Waals surface area contributed by atoms with E-state index in [9.17, 15) is 19.2 Å². The fourth-order valence-corrected chi connectivity index (χ4v) is 3.88. The number of hydrogen-bond acceptors (Lipinski definition) is 6. The smallest absolute Gasteiger partial charge is 0.287 e. The Morgan fingerprint density at radius 3 is 2.13 bits per heavy atom. The Kier molecular flexibility index (Phi) is 8.17. The van der Waals surface area contributed by atoms with Gasteiger partial charge in [-0.3, -0.25) is 24.1 Å². The summed E-state index contributed by atoms with van der Waals surface area (Å²) in [6.45, 7) is 3.08. The van der Waals surface area contributed by atoms with Gasteiger partial charge in [0.05, 0.1) is 25.6 Å². The van der Waals surface area contributed by atoms with Crippen LogP contribution in [0.15, 0.2) is 94.2 Å². The summed E-state index contributed by atoms with van der Waals surface area (Å²) in [4.78, 5) is 52.9. The van der Waals surface area contributed by atoms with Crippen molar-refractivity contribution in [1.82, 2.24) is 10.6 Å². The number of carbonyl (C=O) groups is 4. The number of hydrogen-bond donors (Lipinski definition) is 2. The van der Waals surface area contributed by atoms with Crippen molar-refractivity contribution < 1.29 is 28.0 Å². The van der Waals surface area contributed by atoms with Gasteiger partial charge in [0.15, 0.2) is 11.5 Å². The van der Waals surface area contributed by atoms with E-state index < -0.39 is 30.3 Å². The summed E-state index contributed by atoms with van der Waals surface area (Å²) in [5.41, 5.74) is 2.39. The summed E-state index contributed by atoms with van der Waals surface area (Å²) in [5, 5.41) is 5.39. The largest absolute Gasteiger partial charge is 0.467 e. The van der Waals surface area contributed by atoms with Crippen molar-refractivity contribution >= 4 is 29.2 Å². The number of aryl methyl sites for hydroxylation is 1. The minimum atomic E-state index is -1.08. The fourth-order valence-electron chi connectivity index (χ4n) is 3.88. The molecule has 2 heterocycles. The van der Waals surface area contributed by atoms with Crippen LogP contribution in [0.4, 0.5) is 5.69 Å². The molecule has 9 heteroatoms. The lowest BCUT2D eigenvalue weighted by atomic mass is 10.0. The number of anilines is 1. The lowest BCUT2D eigenvalue weighted by Gasteiger charge is -2.31. The molecule has 3 amide bonds. The van der Waals surface area contributed by atoms with E-state index >= 15 is 0 Å². The van der Waals surface area contributed by atoms with Gasteiger partial charge in [-0.25, -0.2) is 0 Å². The topological polar surface area (TPSA) is 122 Å². The average molecular weight is 514 g/mol. The van der Waals surface area contributed by atoms with E-state index in [4.69, 9.17) is 8.83 Å². The molecule has 194 valence electrons. The second-order valence-corrected chi connectivity index (χ2v) is 8.64. The zero-order valence-corrected chi connectivity index (χ0v) is 21.0. The van der Waals surface area contributed by atoms with Gasteiger partial charge in [0, 0.05) is 11.3 Å². The first-order valence-electron chi connectivity index (χ1n) is 11.9. The van der Waals surface area contributed by atoms with Crippen molar-refractivity contribution in [3.8, 4) is 0 Å². The van der Waals surface area contributed by atoms with Gasteiger partial charge in [-0.2, -0.15) is 0 Å². The van der Waals surface area contributed by atoms with Crippen LogP contribution in [0.1, 0.15) is 50.8 Å². The molecular formula is C29H27N3O6. The number of benzene rings is 2. The monoisotopic (exact) mass is 513 g/mol. The predicted octanol–water partition coefficient (Wildman–Crippen LogP) is 4.20. The first kappa shape index (κ1) is 26.2. The quantitative estimate of drug-likeness (QED) is 0.307. The lowest BCUT2D eigenvalue weighted by molar-refractivity contribution is -0.126. The SMILES string of the molecule is CC(=O)c1ccc(N(C(=O)CNC(=O)c2ccco2)C(C(=O)NCc2ccco2)c2ccc(C)cc2)cc1. The fraction of sp³-hybridized carbons (Fsp3) is 0.172. The van der Waals surface area contributed by atoms with Crippen LogP contribution in [-0.4, -0.2) is 30.0 Å². The molecule has 0 aliphatic carbocycles. The Hall–Kier alpha value is -4.92. The molecule has 0 saturated carbocycles. The van der Waals surface area contributed by atoms with Gasteiger partial charge in [0.25, 0.3) is 5.91 Å². The van der Waals surface area contributed by atoms with Gasteiger partial charge in [0.2, 0.25) is 11.8 Å². The van der Waals surface area contributed by atoms with Crippen LogP contribution in [0.5, 0.6) is 0 Å². The number of amides is 3. The lowest BCUT2D eigenvalue weighted by Crippen LogP contribution is -2.47. The van der Waals surface area contributed by atoms with Crippen LogP contribution in [0.2, 0.25) is 0 Å². The van der Waals surface area contributed by atoms with Crippen LogP contribution >= 0.6 is 0 Å². The second-order valence-electron chi connectivity index (χ2n) is 8.64. The number of nitrogens with one attached hydrogen (secondary N) is 2. The maximum absolute atomic E-state index is 13.7. The zero-order valence-electron chi connectivity index (χ0n) is 21.0. The number of carbonyl (C=O) groups excluding carboxylic acids is 4. The minimum Gasteiger partial charge on any atom is -0.467 e. The van der Waals surface area contributed by atoms with Crippen molar-refractivity contribution in [1.29, 1.82) is 0 Å². The molecule has 0 fully saturated rings. The maximum atomic E-state index is 13.7. The van der Waals surface area contributed by atoms with Crippen molar-refractivity contribution in [2.24, 2.45) is 0 Å². The van der Waals surface area contributed by atoms with E-state index in [1.54, 1.807) is 54.6 Å². The van der Waals surface area contributed by atoms with Gasteiger partial charge < -0.3 is 19.5 Å². The summed E-state index contributed by atoms with van der Waals surface area (Å²) in [6, 6.07) is 19.0. The molecule has 2 N–H and O–H groups in total. The highest BCUT2D eigenvalue weighted by molar-refractivity contribution is 6.04. The molecule has 2 aromatic heterocycles. The van der Waals surface area contributed by atoms with Crippen LogP contribution < -0.4 is 15.5 Å². The van der Waals surface area contributed by atoms with Gasteiger partial charge in [-0.05, 0) is 67.9 Å². The number of ketones is 1. The molecule has 4 aromatic rings. The van der Waals surface area contributed by atoms with Gasteiger partial charge in [-0.15, -0.1) is 0 Å². The number of furan rings is 2. The highest BCUT2D eigenvalue weighted by atomic mass is 16.3. The molecule has 0 spiro atoms. The van der Waals surface area contributed by atoms with Crippen molar-refractivity contribution in [2.45, 2.75) is 26.4 Å². The molecule has 38 heavy (non-hydrogen) atoms. The molecule has 0 saturated heterocycles. The van der Waals surface area contributed by atoms with E-state index in [1.165, 1.54) is 30.4 Å². The van der Waals surface area contributed by atoms with E-state index in [0.29, 0.717) is 22.6 Å². The van der Waals surface area contributed by atoms with Gasteiger partial charge >= 0.3 is 0 Å². The zero-order chi connectivity index (χ0) is 27.1. The maximum Gasteiger partial charge on any atom is 0.287 e. The summed E-state index contributed by atoms with van der Waals surface area (Å²) in [6.07, 6.45) is 2.86. The van der Waals surface area contributed by atoms with Crippen LogP contribution in [0.3, 0.4) is 0 Å². The Morgan fingerprint density at radius 2 is 1.53 bits per heavy atom. The molecule has 4 rings (SSSR count). The number of rotatable bonds is 10. The molecule has 0 bridgehead atoms. The van der Waals surface area contributed by atoms with Crippen molar-refractivity contribution in [3.05, 3.63) is 114 Å². The third kappa shape index (κ3) is 6.25. The average Bonchev–Trinajstić information content (AvgIpc) is 3.64. The van der Waals surface area contributed by atoms with Crippen LogP contribution in [-0.2, 0) is 16.1 Å². The normalized spacial score (nSPS) is 11.4. The molecule has 9 nitrogen and oxygen atoms in total.